The highest BCUT2D eigenvalue weighted by Gasteiger charge is 2.17. The standard InChI is InChI=1S/C17H26ClNO/c1-2-19-15(10-11-16-8-5-6-12-20-16)13-14-7-3-4-9-17(14)18/h3-4,7,9,15-16,19H,2,5-6,8,10-13H2,1H3. The zero-order chi connectivity index (χ0) is 14.2. The van der Waals surface area contributed by atoms with Gasteiger partial charge >= 0.3 is 0 Å². The van der Waals surface area contributed by atoms with Crippen molar-refractivity contribution in [2.75, 3.05) is 13.2 Å². The van der Waals surface area contributed by atoms with E-state index in [1.807, 2.05) is 12.1 Å². The molecule has 0 aromatic heterocycles. The van der Waals surface area contributed by atoms with E-state index in [0.717, 1.165) is 37.4 Å². The second-order valence-corrected chi connectivity index (χ2v) is 6.02. The number of hydrogen-bond donors (Lipinski definition) is 1. The minimum Gasteiger partial charge on any atom is -0.378 e. The Morgan fingerprint density at radius 3 is 2.90 bits per heavy atom. The lowest BCUT2D eigenvalue weighted by atomic mass is 9.97. The molecule has 1 saturated heterocycles. The summed E-state index contributed by atoms with van der Waals surface area (Å²) < 4.78 is 5.83. The summed E-state index contributed by atoms with van der Waals surface area (Å²) in [6.07, 6.45) is 7.56. The average Bonchev–Trinajstić information content (AvgIpc) is 2.48. The summed E-state index contributed by atoms with van der Waals surface area (Å²) in [5.74, 6) is 0. The van der Waals surface area contributed by atoms with E-state index >= 15 is 0 Å². The van der Waals surface area contributed by atoms with Crippen LogP contribution in [0.25, 0.3) is 0 Å². The quantitative estimate of drug-likeness (QED) is 0.813. The molecular weight excluding hydrogens is 270 g/mol. The Balaban J connectivity index is 1.84. The maximum atomic E-state index is 6.26. The largest absolute Gasteiger partial charge is 0.378 e. The van der Waals surface area contributed by atoms with Crippen molar-refractivity contribution in [1.29, 1.82) is 0 Å². The van der Waals surface area contributed by atoms with Crippen LogP contribution in [0, 0.1) is 0 Å². The van der Waals surface area contributed by atoms with E-state index < -0.39 is 0 Å². The van der Waals surface area contributed by atoms with Gasteiger partial charge in [0.25, 0.3) is 0 Å². The monoisotopic (exact) mass is 295 g/mol. The smallest absolute Gasteiger partial charge is 0.0575 e. The molecule has 2 unspecified atom stereocenters. The molecule has 1 aliphatic heterocycles. The van der Waals surface area contributed by atoms with Crippen molar-refractivity contribution in [3.05, 3.63) is 34.9 Å². The maximum Gasteiger partial charge on any atom is 0.0575 e. The lowest BCUT2D eigenvalue weighted by Gasteiger charge is -2.25. The minimum absolute atomic E-state index is 0.469. The Labute approximate surface area is 127 Å². The lowest BCUT2D eigenvalue weighted by Crippen LogP contribution is -2.32. The molecule has 0 amide bonds. The first-order chi connectivity index (χ1) is 9.79. The van der Waals surface area contributed by atoms with Gasteiger partial charge in [-0.15, -0.1) is 0 Å². The first-order valence-electron chi connectivity index (χ1n) is 7.88. The zero-order valence-electron chi connectivity index (χ0n) is 12.4. The Morgan fingerprint density at radius 2 is 2.20 bits per heavy atom. The number of hydrogen-bond acceptors (Lipinski definition) is 2. The third-order valence-electron chi connectivity index (χ3n) is 4.03. The molecular formula is C17H26ClNO. The van der Waals surface area contributed by atoms with Crippen LogP contribution in [0.3, 0.4) is 0 Å². The molecule has 112 valence electrons. The molecule has 3 heteroatoms. The van der Waals surface area contributed by atoms with Gasteiger partial charge in [0.15, 0.2) is 0 Å². The van der Waals surface area contributed by atoms with Gasteiger partial charge in [0, 0.05) is 17.7 Å². The minimum atomic E-state index is 0.469. The van der Waals surface area contributed by atoms with Crippen LogP contribution >= 0.6 is 11.6 Å². The molecule has 2 rings (SSSR count). The molecule has 0 bridgehead atoms. The molecule has 20 heavy (non-hydrogen) atoms. The highest BCUT2D eigenvalue weighted by molar-refractivity contribution is 6.31. The molecule has 1 heterocycles. The van der Waals surface area contributed by atoms with Gasteiger partial charge in [-0.05, 0) is 56.7 Å². The SMILES string of the molecule is CCNC(CCC1CCCCO1)Cc1ccccc1Cl. The van der Waals surface area contributed by atoms with Crippen LogP contribution in [-0.2, 0) is 11.2 Å². The predicted octanol–water partition coefficient (Wildman–Crippen LogP) is 4.21. The molecule has 1 N–H and O–H groups in total. The van der Waals surface area contributed by atoms with Gasteiger partial charge in [-0.2, -0.15) is 0 Å². The Kier molecular flexibility index (Phi) is 6.85. The van der Waals surface area contributed by atoms with Crippen molar-refractivity contribution >= 4 is 11.6 Å². The number of halogens is 1. The molecule has 2 nitrogen and oxygen atoms in total. The number of ether oxygens (including phenoxy) is 1. The Morgan fingerprint density at radius 1 is 1.35 bits per heavy atom. The van der Waals surface area contributed by atoms with Crippen LogP contribution in [0.1, 0.15) is 44.6 Å². The van der Waals surface area contributed by atoms with Crippen molar-refractivity contribution in [2.24, 2.45) is 0 Å². The molecule has 2 atom stereocenters. The van der Waals surface area contributed by atoms with Gasteiger partial charge in [0.2, 0.25) is 0 Å². The van der Waals surface area contributed by atoms with E-state index in [1.54, 1.807) is 0 Å². The number of rotatable bonds is 7. The van der Waals surface area contributed by atoms with Crippen LogP contribution in [0.2, 0.25) is 5.02 Å². The van der Waals surface area contributed by atoms with Crippen LogP contribution in [0.5, 0.6) is 0 Å². The molecule has 0 aliphatic carbocycles. The van der Waals surface area contributed by atoms with Crippen molar-refractivity contribution in [2.45, 2.75) is 57.6 Å². The van der Waals surface area contributed by atoms with Gasteiger partial charge in [0.1, 0.15) is 0 Å². The highest BCUT2D eigenvalue weighted by Crippen LogP contribution is 2.21. The normalized spacial score (nSPS) is 20.8. The number of benzene rings is 1. The summed E-state index contributed by atoms with van der Waals surface area (Å²) in [5, 5.41) is 4.46. The van der Waals surface area contributed by atoms with Crippen LogP contribution < -0.4 is 5.32 Å². The molecule has 0 spiro atoms. The molecule has 0 radical (unpaired) electrons. The topological polar surface area (TPSA) is 21.3 Å². The maximum absolute atomic E-state index is 6.26. The van der Waals surface area contributed by atoms with Gasteiger partial charge in [0.05, 0.1) is 6.10 Å². The summed E-state index contributed by atoms with van der Waals surface area (Å²) in [5.41, 5.74) is 1.24. The van der Waals surface area contributed by atoms with Gasteiger partial charge < -0.3 is 10.1 Å². The van der Waals surface area contributed by atoms with Crippen molar-refractivity contribution in [1.82, 2.24) is 5.32 Å². The zero-order valence-corrected chi connectivity index (χ0v) is 13.2. The molecule has 1 aromatic rings. The van der Waals surface area contributed by atoms with Gasteiger partial charge in [-0.25, -0.2) is 0 Å². The molecule has 1 aromatic carbocycles. The summed E-state index contributed by atoms with van der Waals surface area (Å²) in [6.45, 7) is 4.11. The van der Waals surface area contributed by atoms with E-state index in [9.17, 15) is 0 Å². The summed E-state index contributed by atoms with van der Waals surface area (Å²) in [6, 6.07) is 8.65. The molecule has 0 saturated carbocycles. The van der Waals surface area contributed by atoms with Crippen LogP contribution in [0.15, 0.2) is 24.3 Å². The Bertz CT molecular complexity index is 390. The molecule has 1 fully saturated rings. The van der Waals surface area contributed by atoms with Gasteiger partial charge in [-0.1, -0.05) is 36.7 Å². The van der Waals surface area contributed by atoms with Gasteiger partial charge in [-0.3, -0.25) is 0 Å². The first kappa shape index (κ1) is 15.8. The second kappa shape index (κ2) is 8.66. The third-order valence-corrected chi connectivity index (χ3v) is 4.40. The fourth-order valence-electron chi connectivity index (χ4n) is 2.92. The second-order valence-electron chi connectivity index (χ2n) is 5.62. The number of nitrogens with one attached hydrogen (secondary N) is 1. The van der Waals surface area contributed by atoms with E-state index in [1.165, 1.54) is 24.8 Å². The van der Waals surface area contributed by atoms with Crippen LogP contribution in [-0.4, -0.2) is 25.3 Å². The highest BCUT2D eigenvalue weighted by atomic mass is 35.5. The summed E-state index contributed by atoms with van der Waals surface area (Å²) >= 11 is 6.26. The summed E-state index contributed by atoms with van der Waals surface area (Å²) in [4.78, 5) is 0. The number of likely N-dealkylation sites (N-methyl/N-ethyl adjacent to an activating group) is 1. The molecule has 1 aliphatic rings. The third kappa shape index (κ3) is 5.08. The van der Waals surface area contributed by atoms with E-state index in [4.69, 9.17) is 16.3 Å². The van der Waals surface area contributed by atoms with Crippen molar-refractivity contribution < 1.29 is 4.74 Å². The lowest BCUT2D eigenvalue weighted by molar-refractivity contribution is 0.00861. The predicted molar refractivity (Wildman–Crippen MR) is 85.4 cm³/mol. The first-order valence-corrected chi connectivity index (χ1v) is 8.25. The van der Waals surface area contributed by atoms with Crippen LogP contribution in [0.4, 0.5) is 0 Å². The Hall–Kier alpha value is -0.570. The van der Waals surface area contributed by atoms with E-state index in [2.05, 4.69) is 24.4 Å². The van der Waals surface area contributed by atoms with E-state index in [-0.39, 0.29) is 0 Å². The fourth-order valence-corrected chi connectivity index (χ4v) is 3.13. The van der Waals surface area contributed by atoms with Crippen molar-refractivity contribution in [3.63, 3.8) is 0 Å². The average molecular weight is 296 g/mol. The van der Waals surface area contributed by atoms with E-state index in [0.29, 0.717) is 12.1 Å². The summed E-state index contributed by atoms with van der Waals surface area (Å²) in [7, 11) is 0. The fraction of sp³-hybridized carbons (Fsp3) is 0.647. The van der Waals surface area contributed by atoms with Crippen molar-refractivity contribution in [3.8, 4) is 0 Å².